The lowest BCUT2D eigenvalue weighted by Crippen LogP contribution is -2.50. The molecule has 1 saturated heterocycles. The fraction of sp³-hybridized carbons (Fsp3) is 0.391. The number of guanidine groups is 1. The first-order chi connectivity index (χ1) is 14.6. The Morgan fingerprint density at radius 2 is 2.03 bits per heavy atom. The molecule has 8 heteroatoms. The Morgan fingerprint density at radius 1 is 1.23 bits per heavy atom. The number of ether oxygens (including phenoxy) is 1. The maximum absolute atomic E-state index is 13.3. The second-order valence-corrected chi connectivity index (χ2v) is 7.58. The van der Waals surface area contributed by atoms with E-state index in [0.717, 1.165) is 42.4 Å². The van der Waals surface area contributed by atoms with Gasteiger partial charge in [0.2, 0.25) is 0 Å². The highest BCUT2D eigenvalue weighted by Crippen LogP contribution is 2.25. The van der Waals surface area contributed by atoms with Gasteiger partial charge in [0.25, 0.3) is 0 Å². The highest BCUT2D eigenvalue weighted by atomic mass is 127. The van der Waals surface area contributed by atoms with Gasteiger partial charge in [-0.2, -0.15) is 0 Å². The number of rotatable bonds is 5. The van der Waals surface area contributed by atoms with E-state index in [4.69, 9.17) is 9.73 Å². The monoisotopic (exact) mass is 537 g/mol. The van der Waals surface area contributed by atoms with E-state index in [0.29, 0.717) is 13.1 Å². The van der Waals surface area contributed by atoms with Crippen LogP contribution >= 0.6 is 24.0 Å². The lowest BCUT2D eigenvalue weighted by molar-refractivity contribution is -0.0605. The minimum Gasteiger partial charge on any atom is -0.367 e. The van der Waals surface area contributed by atoms with Crippen molar-refractivity contribution < 1.29 is 9.13 Å². The Bertz CT molecular complexity index is 974. The maximum atomic E-state index is 13.3. The van der Waals surface area contributed by atoms with Crippen LogP contribution in [0, 0.1) is 5.82 Å². The SMILES string of the molecule is CCNC(=NCCc1cn2ccccc2n1)N1CC(C)OC(c2ccc(F)cc2)C1.I. The first-order valence-corrected chi connectivity index (χ1v) is 10.5. The first-order valence-electron chi connectivity index (χ1n) is 10.5. The molecule has 2 unspecified atom stereocenters. The number of hydrogen-bond donors (Lipinski definition) is 1. The van der Waals surface area contributed by atoms with Crippen molar-refractivity contribution in [3.8, 4) is 0 Å². The van der Waals surface area contributed by atoms with Gasteiger partial charge in [-0.15, -0.1) is 24.0 Å². The van der Waals surface area contributed by atoms with E-state index in [1.54, 1.807) is 12.1 Å². The predicted octanol–water partition coefficient (Wildman–Crippen LogP) is 4.06. The molecule has 166 valence electrons. The Morgan fingerprint density at radius 3 is 2.77 bits per heavy atom. The van der Waals surface area contributed by atoms with E-state index < -0.39 is 0 Å². The second-order valence-electron chi connectivity index (χ2n) is 7.58. The highest BCUT2D eigenvalue weighted by molar-refractivity contribution is 14.0. The molecule has 0 bridgehead atoms. The molecule has 1 aromatic carbocycles. The number of morpholine rings is 1. The number of nitrogens with one attached hydrogen (secondary N) is 1. The molecule has 6 nitrogen and oxygen atoms in total. The molecule has 2 aromatic heterocycles. The number of aromatic nitrogens is 2. The lowest BCUT2D eigenvalue weighted by Gasteiger charge is -2.38. The van der Waals surface area contributed by atoms with Gasteiger partial charge >= 0.3 is 0 Å². The van der Waals surface area contributed by atoms with E-state index in [1.807, 2.05) is 28.8 Å². The van der Waals surface area contributed by atoms with Crippen molar-refractivity contribution in [2.45, 2.75) is 32.5 Å². The first kappa shape index (κ1) is 23.5. The minimum atomic E-state index is -0.235. The Kier molecular flexibility index (Phi) is 8.25. The standard InChI is InChI=1S/C23H28FN5O.HI/c1-3-25-23(26-12-11-20-15-28-13-5-4-6-22(28)27-20)29-14-17(2)30-21(16-29)18-7-9-19(24)10-8-18;/h4-10,13,15,17,21H,3,11-12,14,16H2,1-2H3,(H,25,26);1H. The third kappa shape index (κ3) is 5.94. The van der Waals surface area contributed by atoms with Gasteiger partial charge < -0.3 is 19.4 Å². The van der Waals surface area contributed by atoms with Crippen molar-refractivity contribution >= 4 is 35.6 Å². The number of benzene rings is 1. The molecule has 0 saturated carbocycles. The fourth-order valence-electron chi connectivity index (χ4n) is 3.80. The van der Waals surface area contributed by atoms with Gasteiger partial charge in [-0.3, -0.25) is 4.99 Å². The molecule has 0 spiro atoms. The van der Waals surface area contributed by atoms with E-state index >= 15 is 0 Å². The van der Waals surface area contributed by atoms with Crippen LogP contribution in [0.3, 0.4) is 0 Å². The molecular formula is C23H29FIN5O. The number of aliphatic imine (C=N–C) groups is 1. The number of pyridine rings is 1. The van der Waals surface area contributed by atoms with Crippen LogP contribution in [-0.2, 0) is 11.2 Å². The van der Waals surface area contributed by atoms with Gasteiger partial charge in [0.15, 0.2) is 5.96 Å². The molecule has 0 amide bonds. The van der Waals surface area contributed by atoms with E-state index in [2.05, 4.69) is 35.2 Å². The van der Waals surface area contributed by atoms with Gasteiger partial charge in [-0.05, 0) is 43.7 Å². The van der Waals surface area contributed by atoms with E-state index in [-0.39, 0.29) is 42.0 Å². The zero-order valence-corrected chi connectivity index (χ0v) is 20.2. The third-order valence-corrected chi connectivity index (χ3v) is 5.18. The molecule has 31 heavy (non-hydrogen) atoms. The Hall–Kier alpha value is -2.20. The second kappa shape index (κ2) is 10.9. The molecule has 4 rings (SSSR count). The van der Waals surface area contributed by atoms with E-state index in [1.165, 1.54) is 12.1 Å². The lowest BCUT2D eigenvalue weighted by atomic mass is 10.1. The summed E-state index contributed by atoms with van der Waals surface area (Å²) < 4.78 is 21.4. The summed E-state index contributed by atoms with van der Waals surface area (Å²) in [7, 11) is 0. The molecule has 1 fully saturated rings. The number of fused-ring (bicyclic) bond motifs is 1. The van der Waals surface area contributed by atoms with Crippen LogP contribution in [0.1, 0.15) is 31.2 Å². The van der Waals surface area contributed by atoms with Crippen LogP contribution in [0.2, 0.25) is 0 Å². The zero-order valence-electron chi connectivity index (χ0n) is 17.9. The molecular weight excluding hydrogens is 508 g/mol. The molecule has 1 N–H and O–H groups in total. The molecule has 2 atom stereocenters. The van der Waals surface area contributed by atoms with Crippen molar-refractivity contribution in [3.63, 3.8) is 0 Å². The summed E-state index contributed by atoms with van der Waals surface area (Å²) >= 11 is 0. The average Bonchev–Trinajstić information content (AvgIpc) is 3.16. The summed E-state index contributed by atoms with van der Waals surface area (Å²) in [5, 5.41) is 3.40. The summed E-state index contributed by atoms with van der Waals surface area (Å²) in [5.74, 6) is 0.643. The van der Waals surface area contributed by atoms with Crippen molar-refractivity contribution in [2.75, 3.05) is 26.2 Å². The van der Waals surface area contributed by atoms with Crippen LogP contribution in [0.15, 0.2) is 59.9 Å². The maximum Gasteiger partial charge on any atom is 0.194 e. The molecule has 0 aliphatic carbocycles. The van der Waals surface area contributed by atoms with Gasteiger partial charge in [0.05, 0.1) is 18.3 Å². The summed E-state index contributed by atoms with van der Waals surface area (Å²) in [5.41, 5.74) is 2.96. The summed E-state index contributed by atoms with van der Waals surface area (Å²) in [6.45, 7) is 7.01. The van der Waals surface area contributed by atoms with Crippen molar-refractivity contribution in [2.24, 2.45) is 4.99 Å². The van der Waals surface area contributed by atoms with Crippen molar-refractivity contribution in [1.29, 1.82) is 0 Å². The van der Waals surface area contributed by atoms with Gasteiger partial charge in [0, 0.05) is 38.4 Å². The zero-order chi connectivity index (χ0) is 20.9. The number of imidazole rings is 1. The van der Waals surface area contributed by atoms with Crippen molar-refractivity contribution in [3.05, 3.63) is 71.9 Å². The molecule has 3 aromatic rings. The normalized spacial score (nSPS) is 19.3. The molecule has 1 aliphatic heterocycles. The third-order valence-electron chi connectivity index (χ3n) is 5.18. The molecule has 1 aliphatic rings. The van der Waals surface area contributed by atoms with Gasteiger partial charge in [-0.25, -0.2) is 9.37 Å². The predicted molar refractivity (Wildman–Crippen MR) is 132 cm³/mol. The number of nitrogens with zero attached hydrogens (tertiary/aromatic N) is 4. The molecule has 0 radical (unpaired) electrons. The van der Waals surface area contributed by atoms with Crippen LogP contribution in [0.25, 0.3) is 5.65 Å². The summed E-state index contributed by atoms with van der Waals surface area (Å²) in [6.07, 6.45) is 4.77. The highest BCUT2D eigenvalue weighted by Gasteiger charge is 2.28. The van der Waals surface area contributed by atoms with Gasteiger partial charge in [-0.1, -0.05) is 18.2 Å². The summed E-state index contributed by atoms with van der Waals surface area (Å²) in [4.78, 5) is 11.7. The van der Waals surface area contributed by atoms with Crippen LogP contribution in [0.5, 0.6) is 0 Å². The minimum absolute atomic E-state index is 0. The Labute approximate surface area is 199 Å². The number of hydrogen-bond acceptors (Lipinski definition) is 3. The van der Waals surface area contributed by atoms with Crippen molar-refractivity contribution in [1.82, 2.24) is 19.6 Å². The molecule has 3 heterocycles. The quantitative estimate of drug-likeness (QED) is 0.303. The van der Waals surface area contributed by atoms with Crippen LogP contribution in [0.4, 0.5) is 4.39 Å². The van der Waals surface area contributed by atoms with Gasteiger partial charge in [0.1, 0.15) is 17.6 Å². The topological polar surface area (TPSA) is 54.2 Å². The van der Waals surface area contributed by atoms with E-state index in [9.17, 15) is 4.39 Å². The summed E-state index contributed by atoms with van der Waals surface area (Å²) in [6, 6.07) is 12.5. The average molecular weight is 537 g/mol. The largest absolute Gasteiger partial charge is 0.367 e. The fourth-order valence-corrected chi connectivity index (χ4v) is 3.80. The Balaban J connectivity index is 0.00000272. The van der Waals surface area contributed by atoms with Crippen LogP contribution in [-0.4, -0.2) is 52.5 Å². The smallest absolute Gasteiger partial charge is 0.194 e. The number of halogens is 2. The van der Waals surface area contributed by atoms with Crippen LogP contribution < -0.4 is 5.32 Å².